The summed E-state index contributed by atoms with van der Waals surface area (Å²) in [5.41, 5.74) is 0.731. The highest BCUT2D eigenvalue weighted by Crippen LogP contribution is 2.24. The lowest BCUT2D eigenvalue weighted by atomic mass is 10.1. The SMILES string of the molecule is COc1ccc(CN(C)C(=O)CSc2ccc3ccccc3c2)cc1F. The Hall–Kier alpha value is -2.53. The Morgan fingerprint density at radius 3 is 2.58 bits per heavy atom. The summed E-state index contributed by atoms with van der Waals surface area (Å²) in [5.74, 6) is 0.123. The molecule has 3 aromatic carbocycles. The molecule has 3 nitrogen and oxygen atoms in total. The molecule has 0 fully saturated rings. The maximum atomic E-state index is 13.8. The molecule has 3 aromatic rings. The van der Waals surface area contributed by atoms with Crippen LogP contribution in [-0.4, -0.2) is 30.7 Å². The summed E-state index contributed by atoms with van der Waals surface area (Å²) in [6.45, 7) is 0.359. The fourth-order valence-corrected chi connectivity index (χ4v) is 3.57. The molecule has 0 radical (unpaired) electrons. The highest BCUT2D eigenvalue weighted by Gasteiger charge is 2.12. The Kier molecular flexibility index (Phi) is 5.78. The molecule has 5 heteroatoms. The first-order chi connectivity index (χ1) is 12.6. The number of methoxy groups -OCH3 is 1. The largest absolute Gasteiger partial charge is 0.494 e. The van der Waals surface area contributed by atoms with Gasteiger partial charge in [-0.25, -0.2) is 4.39 Å². The van der Waals surface area contributed by atoms with Gasteiger partial charge in [0.15, 0.2) is 11.6 Å². The molecule has 3 rings (SSSR count). The normalized spacial score (nSPS) is 10.7. The quantitative estimate of drug-likeness (QED) is 0.588. The number of halogens is 1. The summed E-state index contributed by atoms with van der Waals surface area (Å²) in [6.07, 6.45) is 0. The van der Waals surface area contributed by atoms with Gasteiger partial charge in [-0.05, 0) is 40.6 Å². The van der Waals surface area contributed by atoms with Crippen molar-refractivity contribution in [2.45, 2.75) is 11.4 Å². The van der Waals surface area contributed by atoms with Crippen LogP contribution in [0.3, 0.4) is 0 Å². The number of thioether (sulfide) groups is 1. The Labute approximate surface area is 156 Å². The zero-order valence-electron chi connectivity index (χ0n) is 14.7. The number of fused-ring (bicyclic) bond motifs is 1. The van der Waals surface area contributed by atoms with Crippen LogP contribution in [0.2, 0.25) is 0 Å². The number of hydrogen-bond acceptors (Lipinski definition) is 3. The molecule has 0 spiro atoms. The van der Waals surface area contributed by atoms with Crippen molar-refractivity contribution in [1.29, 1.82) is 0 Å². The van der Waals surface area contributed by atoms with E-state index in [2.05, 4.69) is 24.3 Å². The molecule has 134 valence electrons. The van der Waals surface area contributed by atoms with E-state index in [1.165, 1.54) is 30.3 Å². The number of carbonyl (C=O) groups excluding carboxylic acids is 1. The van der Waals surface area contributed by atoms with Gasteiger partial charge in [-0.2, -0.15) is 0 Å². The Bertz CT molecular complexity index is 929. The van der Waals surface area contributed by atoms with Gasteiger partial charge in [-0.1, -0.05) is 36.4 Å². The van der Waals surface area contributed by atoms with Gasteiger partial charge in [0.25, 0.3) is 0 Å². The number of amides is 1. The zero-order chi connectivity index (χ0) is 18.5. The van der Waals surface area contributed by atoms with Crippen LogP contribution in [0.25, 0.3) is 10.8 Å². The summed E-state index contributed by atoms with van der Waals surface area (Å²) in [6, 6.07) is 19.1. The van der Waals surface area contributed by atoms with Crippen molar-refractivity contribution >= 4 is 28.4 Å². The molecule has 0 heterocycles. The molecular formula is C21H20FNO2S. The fourth-order valence-electron chi connectivity index (χ4n) is 2.68. The van der Waals surface area contributed by atoms with Gasteiger partial charge in [0.1, 0.15) is 0 Å². The number of benzene rings is 3. The molecule has 0 unspecified atom stereocenters. The maximum Gasteiger partial charge on any atom is 0.232 e. The Morgan fingerprint density at radius 2 is 1.85 bits per heavy atom. The summed E-state index contributed by atoms with van der Waals surface area (Å²) in [5, 5.41) is 2.34. The lowest BCUT2D eigenvalue weighted by Crippen LogP contribution is -2.27. The molecule has 0 N–H and O–H groups in total. The minimum atomic E-state index is -0.420. The van der Waals surface area contributed by atoms with E-state index in [0.29, 0.717) is 12.3 Å². The second-order valence-corrected chi connectivity index (χ2v) is 7.07. The first-order valence-corrected chi connectivity index (χ1v) is 9.23. The predicted molar refractivity (Wildman–Crippen MR) is 104 cm³/mol. The number of ether oxygens (including phenoxy) is 1. The third kappa shape index (κ3) is 4.35. The van der Waals surface area contributed by atoms with Crippen LogP contribution in [0, 0.1) is 5.82 Å². The Balaban J connectivity index is 1.59. The van der Waals surface area contributed by atoms with Crippen LogP contribution < -0.4 is 4.74 Å². The van der Waals surface area contributed by atoms with Crippen LogP contribution in [0.1, 0.15) is 5.56 Å². The molecular weight excluding hydrogens is 349 g/mol. The van der Waals surface area contributed by atoms with Crippen molar-refractivity contribution in [2.75, 3.05) is 19.9 Å². The maximum absolute atomic E-state index is 13.8. The second-order valence-electron chi connectivity index (χ2n) is 6.02. The summed E-state index contributed by atoms with van der Waals surface area (Å²) in [7, 11) is 3.16. The van der Waals surface area contributed by atoms with E-state index in [1.54, 1.807) is 24.1 Å². The van der Waals surface area contributed by atoms with Crippen LogP contribution in [-0.2, 0) is 11.3 Å². The van der Waals surface area contributed by atoms with E-state index in [9.17, 15) is 9.18 Å². The van der Waals surface area contributed by atoms with Crippen molar-refractivity contribution in [2.24, 2.45) is 0 Å². The highest BCUT2D eigenvalue weighted by atomic mass is 32.2. The van der Waals surface area contributed by atoms with Gasteiger partial charge in [-0.15, -0.1) is 11.8 Å². The second kappa shape index (κ2) is 8.23. The average Bonchev–Trinajstić information content (AvgIpc) is 2.66. The average molecular weight is 369 g/mol. The number of carbonyl (C=O) groups is 1. The van der Waals surface area contributed by atoms with E-state index in [-0.39, 0.29) is 11.7 Å². The van der Waals surface area contributed by atoms with Gasteiger partial charge in [0.05, 0.1) is 12.9 Å². The van der Waals surface area contributed by atoms with E-state index in [1.807, 2.05) is 18.2 Å². The minimum Gasteiger partial charge on any atom is -0.494 e. The summed E-state index contributed by atoms with van der Waals surface area (Å²) in [4.78, 5) is 15.0. The van der Waals surface area contributed by atoms with Crippen molar-refractivity contribution in [3.63, 3.8) is 0 Å². The van der Waals surface area contributed by atoms with Gasteiger partial charge in [-0.3, -0.25) is 4.79 Å². The van der Waals surface area contributed by atoms with Crippen molar-refractivity contribution in [1.82, 2.24) is 4.90 Å². The van der Waals surface area contributed by atoms with E-state index < -0.39 is 5.82 Å². The monoisotopic (exact) mass is 369 g/mol. The van der Waals surface area contributed by atoms with Gasteiger partial charge in [0, 0.05) is 18.5 Å². The highest BCUT2D eigenvalue weighted by molar-refractivity contribution is 8.00. The van der Waals surface area contributed by atoms with Crippen LogP contribution in [0.5, 0.6) is 5.75 Å². The minimum absolute atomic E-state index is 0.000570. The molecule has 1 amide bonds. The summed E-state index contributed by atoms with van der Waals surface area (Å²) < 4.78 is 18.7. The molecule has 0 aliphatic carbocycles. The molecule has 0 saturated carbocycles. The van der Waals surface area contributed by atoms with Gasteiger partial charge in [0.2, 0.25) is 5.91 Å². The van der Waals surface area contributed by atoms with Gasteiger partial charge >= 0.3 is 0 Å². The third-order valence-corrected chi connectivity index (χ3v) is 5.12. The fraction of sp³-hybridized carbons (Fsp3) is 0.190. The molecule has 0 saturated heterocycles. The molecule has 26 heavy (non-hydrogen) atoms. The van der Waals surface area contributed by atoms with Crippen molar-refractivity contribution in [3.8, 4) is 5.75 Å². The standard InChI is InChI=1S/C21H20FNO2S/c1-23(13-15-7-10-20(25-2)19(22)11-15)21(24)14-26-18-9-8-16-5-3-4-6-17(16)12-18/h3-12H,13-14H2,1-2H3. The van der Waals surface area contributed by atoms with Crippen LogP contribution >= 0.6 is 11.8 Å². The number of hydrogen-bond donors (Lipinski definition) is 0. The lowest BCUT2D eigenvalue weighted by Gasteiger charge is -2.17. The third-order valence-electron chi connectivity index (χ3n) is 4.14. The molecule has 0 aromatic heterocycles. The molecule has 0 aliphatic rings. The lowest BCUT2D eigenvalue weighted by molar-refractivity contribution is -0.127. The van der Waals surface area contributed by atoms with Crippen molar-refractivity contribution in [3.05, 3.63) is 72.0 Å². The molecule has 0 bridgehead atoms. The van der Waals surface area contributed by atoms with E-state index in [0.717, 1.165) is 15.8 Å². The first kappa shape index (κ1) is 18.3. The van der Waals surface area contributed by atoms with Gasteiger partial charge < -0.3 is 9.64 Å². The predicted octanol–water partition coefficient (Wildman–Crippen LogP) is 4.74. The van der Waals surface area contributed by atoms with Crippen LogP contribution in [0.4, 0.5) is 4.39 Å². The first-order valence-electron chi connectivity index (χ1n) is 8.25. The molecule has 0 aliphatic heterocycles. The number of rotatable bonds is 6. The van der Waals surface area contributed by atoms with E-state index >= 15 is 0 Å². The smallest absolute Gasteiger partial charge is 0.232 e. The van der Waals surface area contributed by atoms with Crippen molar-refractivity contribution < 1.29 is 13.9 Å². The summed E-state index contributed by atoms with van der Waals surface area (Å²) >= 11 is 1.51. The zero-order valence-corrected chi connectivity index (χ0v) is 15.6. The van der Waals surface area contributed by atoms with Crippen LogP contribution in [0.15, 0.2) is 65.6 Å². The number of nitrogens with zero attached hydrogens (tertiary/aromatic N) is 1. The topological polar surface area (TPSA) is 29.5 Å². The Morgan fingerprint density at radius 1 is 1.08 bits per heavy atom. The molecule has 0 atom stereocenters. The van der Waals surface area contributed by atoms with E-state index in [4.69, 9.17) is 4.74 Å².